The number of nitrogens with two attached hydrogens (primary N) is 1. The Kier molecular flexibility index (Phi) is 5.65. The van der Waals surface area contributed by atoms with Crippen LogP contribution in [0.15, 0.2) is 28.7 Å². The number of benzene rings is 1. The minimum atomic E-state index is 0.190. The van der Waals surface area contributed by atoms with E-state index in [0.717, 1.165) is 23.5 Å². The van der Waals surface area contributed by atoms with Crippen molar-refractivity contribution in [3.8, 4) is 0 Å². The largest absolute Gasteiger partial charge is 0.329 e. The Labute approximate surface area is 131 Å². The lowest BCUT2D eigenvalue weighted by Gasteiger charge is -2.49. The van der Waals surface area contributed by atoms with Crippen LogP contribution in [0.4, 0.5) is 0 Å². The molecular weight excluding hydrogens is 312 g/mol. The van der Waals surface area contributed by atoms with Crippen molar-refractivity contribution in [3.63, 3.8) is 0 Å². The molecule has 0 aliphatic heterocycles. The van der Waals surface area contributed by atoms with Crippen LogP contribution >= 0.6 is 15.9 Å². The van der Waals surface area contributed by atoms with Crippen LogP contribution in [0.25, 0.3) is 0 Å². The number of likely N-dealkylation sites (N-methyl/N-ethyl adjacent to an activating group) is 1. The quantitative estimate of drug-likeness (QED) is 0.872. The minimum absolute atomic E-state index is 0.190. The molecule has 112 valence electrons. The molecule has 0 bridgehead atoms. The third kappa shape index (κ3) is 3.26. The maximum absolute atomic E-state index is 6.24. The summed E-state index contributed by atoms with van der Waals surface area (Å²) in [6.07, 6.45) is 6.49. The van der Waals surface area contributed by atoms with Crippen molar-refractivity contribution in [1.29, 1.82) is 0 Å². The van der Waals surface area contributed by atoms with E-state index in [1.54, 1.807) is 0 Å². The van der Waals surface area contributed by atoms with E-state index in [1.165, 1.54) is 37.7 Å². The first kappa shape index (κ1) is 16.0. The lowest BCUT2D eigenvalue weighted by molar-refractivity contribution is 0.0177. The van der Waals surface area contributed by atoms with E-state index < -0.39 is 0 Å². The second-order valence-corrected chi connectivity index (χ2v) is 7.06. The summed E-state index contributed by atoms with van der Waals surface area (Å²) in [5, 5.41) is 0. The first-order valence-electron chi connectivity index (χ1n) is 7.78. The first-order valence-corrected chi connectivity index (χ1v) is 8.57. The van der Waals surface area contributed by atoms with Crippen LogP contribution in [0.5, 0.6) is 0 Å². The molecule has 0 saturated heterocycles. The van der Waals surface area contributed by atoms with Crippen LogP contribution < -0.4 is 5.73 Å². The fourth-order valence-electron chi connectivity index (χ4n) is 3.87. The van der Waals surface area contributed by atoms with Gasteiger partial charge in [0, 0.05) is 23.1 Å². The summed E-state index contributed by atoms with van der Waals surface area (Å²) in [5.74, 6) is 0.735. The predicted octanol–water partition coefficient (Wildman–Crippen LogP) is 4.18. The molecule has 0 amide bonds. The molecule has 0 radical (unpaired) electrons. The molecule has 2 nitrogen and oxygen atoms in total. The molecule has 20 heavy (non-hydrogen) atoms. The molecule has 1 aromatic rings. The molecule has 1 aromatic carbocycles. The van der Waals surface area contributed by atoms with Gasteiger partial charge in [0.25, 0.3) is 0 Å². The Morgan fingerprint density at radius 3 is 2.85 bits per heavy atom. The highest BCUT2D eigenvalue weighted by molar-refractivity contribution is 9.10. The van der Waals surface area contributed by atoms with Crippen molar-refractivity contribution in [2.75, 3.05) is 13.6 Å². The van der Waals surface area contributed by atoms with Crippen LogP contribution in [-0.4, -0.2) is 24.0 Å². The lowest BCUT2D eigenvalue weighted by Crippen LogP contribution is -2.58. The van der Waals surface area contributed by atoms with Crippen molar-refractivity contribution >= 4 is 15.9 Å². The molecule has 2 unspecified atom stereocenters. The second kappa shape index (κ2) is 7.06. The molecule has 2 rings (SSSR count). The van der Waals surface area contributed by atoms with Crippen molar-refractivity contribution in [3.05, 3.63) is 34.3 Å². The van der Waals surface area contributed by atoms with Crippen LogP contribution in [0.1, 0.15) is 44.6 Å². The highest BCUT2D eigenvalue weighted by Gasteiger charge is 2.41. The van der Waals surface area contributed by atoms with Crippen LogP contribution in [0, 0.1) is 5.92 Å². The molecule has 1 aliphatic rings. The maximum atomic E-state index is 6.24. The number of hydrogen-bond acceptors (Lipinski definition) is 2. The molecule has 3 heteroatoms. The Hall–Kier alpha value is -0.380. The molecule has 2 N–H and O–H groups in total. The summed E-state index contributed by atoms with van der Waals surface area (Å²) in [5.41, 5.74) is 7.78. The van der Waals surface area contributed by atoms with Gasteiger partial charge in [-0.1, -0.05) is 54.2 Å². The van der Waals surface area contributed by atoms with Gasteiger partial charge in [0.05, 0.1) is 0 Å². The molecular formula is C17H27BrN2. The molecule has 0 spiro atoms. The highest BCUT2D eigenvalue weighted by Crippen LogP contribution is 2.39. The Morgan fingerprint density at radius 2 is 2.20 bits per heavy atom. The molecule has 1 saturated carbocycles. The molecule has 1 aliphatic carbocycles. The SMILES string of the molecule is CCC1CCCCC1(CN)N(C)Cc1cccc(Br)c1. The minimum Gasteiger partial charge on any atom is -0.329 e. The summed E-state index contributed by atoms with van der Waals surface area (Å²) in [7, 11) is 2.25. The fraction of sp³-hybridized carbons (Fsp3) is 0.647. The fourth-order valence-corrected chi connectivity index (χ4v) is 4.32. The van der Waals surface area contributed by atoms with Gasteiger partial charge in [-0.05, 0) is 43.5 Å². The van der Waals surface area contributed by atoms with E-state index in [9.17, 15) is 0 Å². The lowest BCUT2D eigenvalue weighted by atomic mass is 9.70. The van der Waals surface area contributed by atoms with Crippen molar-refractivity contribution < 1.29 is 0 Å². The Morgan fingerprint density at radius 1 is 1.40 bits per heavy atom. The third-order valence-corrected chi connectivity index (χ3v) is 5.58. The zero-order valence-electron chi connectivity index (χ0n) is 12.7. The average Bonchev–Trinajstić information content (AvgIpc) is 2.46. The number of halogens is 1. The van der Waals surface area contributed by atoms with Crippen LogP contribution in [0.2, 0.25) is 0 Å². The topological polar surface area (TPSA) is 29.3 Å². The summed E-state index contributed by atoms with van der Waals surface area (Å²) >= 11 is 3.56. The third-order valence-electron chi connectivity index (χ3n) is 5.09. The Balaban J connectivity index is 2.17. The van der Waals surface area contributed by atoms with E-state index >= 15 is 0 Å². The van der Waals surface area contributed by atoms with Gasteiger partial charge in [0.15, 0.2) is 0 Å². The first-order chi connectivity index (χ1) is 9.62. The molecule has 2 atom stereocenters. The van der Waals surface area contributed by atoms with E-state index in [-0.39, 0.29) is 5.54 Å². The van der Waals surface area contributed by atoms with Gasteiger partial charge in [-0.15, -0.1) is 0 Å². The van der Waals surface area contributed by atoms with Gasteiger partial charge in [-0.2, -0.15) is 0 Å². The van der Waals surface area contributed by atoms with E-state index in [0.29, 0.717) is 0 Å². The summed E-state index contributed by atoms with van der Waals surface area (Å²) < 4.78 is 1.15. The van der Waals surface area contributed by atoms with Gasteiger partial charge in [-0.25, -0.2) is 0 Å². The van der Waals surface area contributed by atoms with Gasteiger partial charge < -0.3 is 5.73 Å². The number of rotatable bonds is 5. The standard InChI is InChI=1S/C17H27BrN2/c1-3-15-8-4-5-10-17(15,13-19)20(2)12-14-7-6-9-16(18)11-14/h6-7,9,11,15H,3-5,8,10,12-13,19H2,1-2H3. The summed E-state index contributed by atoms with van der Waals surface area (Å²) in [6, 6.07) is 8.61. The smallest absolute Gasteiger partial charge is 0.0360 e. The maximum Gasteiger partial charge on any atom is 0.0360 e. The van der Waals surface area contributed by atoms with Gasteiger partial charge in [0.2, 0.25) is 0 Å². The molecule has 1 fully saturated rings. The zero-order valence-corrected chi connectivity index (χ0v) is 14.3. The van der Waals surface area contributed by atoms with E-state index in [4.69, 9.17) is 5.73 Å². The summed E-state index contributed by atoms with van der Waals surface area (Å²) in [4.78, 5) is 2.52. The van der Waals surface area contributed by atoms with Crippen molar-refractivity contribution in [2.45, 2.75) is 51.1 Å². The predicted molar refractivity (Wildman–Crippen MR) is 89.6 cm³/mol. The summed E-state index contributed by atoms with van der Waals surface area (Å²) in [6.45, 7) is 4.07. The monoisotopic (exact) mass is 338 g/mol. The van der Waals surface area contributed by atoms with Gasteiger partial charge in [-0.3, -0.25) is 4.90 Å². The van der Waals surface area contributed by atoms with Crippen molar-refractivity contribution in [1.82, 2.24) is 4.90 Å². The van der Waals surface area contributed by atoms with Crippen molar-refractivity contribution in [2.24, 2.45) is 11.7 Å². The normalized spacial score (nSPS) is 26.9. The van der Waals surface area contributed by atoms with Crippen LogP contribution in [-0.2, 0) is 6.54 Å². The van der Waals surface area contributed by atoms with Gasteiger partial charge >= 0.3 is 0 Å². The van der Waals surface area contributed by atoms with E-state index in [1.807, 2.05) is 0 Å². The molecule has 0 aromatic heterocycles. The second-order valence-electron chi connectivity index (χ2n) is 6.14. The number of hydrogen-bond donors (Lipinski definition) is 1. The Bertz CT molecular complexity index is 435. The highest BCUT2D eigenvalue weighted by atomic mass is 79.9. The van der Waals surface area contributed by atoms with Crippen LogP contribution in [0.3, 0.4) is 0 Å². The zero-order chi connectivity index (χ0) is 14.6. The average molecular weight is 339 g/mol. The number of nitrogens with zero attached hydrogens (tertiary/aromatic N) is 1. The van der Waals surface area contributed by atoms with E-state index in [2.05, 4.69) is 59.1 Å². The molecule has 0 heterocycles. The van der Waals surface area contributed by atoms with Gasteiger partial charge in [0.1, 0.15) is 0 Å².